The molecule has 1 unspecified atom stereocenters. The molecule has 1 heterocycles. The van der Waals surface area contributed by atoms with Gasteiger partial charge in [0.2, 0.25) is 0 Å². The quantitative estimate of drug-likeness (QED) is 0.755. The van der Waals surface area contributed by atoms with Gasteiger partial charge < -0.3 is 15.1 Å². The van der Waals surface area contributed by atoms with E-state index in [2.05, 4.69) is 72.8 Å². The summed E-state index contributed by atoms with van der Waals surface area (Å²) < 4.78 is 0. The van der Waals surface area contributed by atoms with Crippen molar-refractivity contribution in [2.45, 2.75) is 12.5 Å². The van der Waals surface area contributed by atoms with Gasteiger partial charge in [0.05, 0.1) is 0 Å². The van der Waals surface area contributed by atoms with Gasteiger partial charge in [-0.3, -0.25) is 4.90 Å². The Bertz CT molecular complexity index is 243. The van der Waals surface area contributed by atoms with Crippen molar-refractivity contribution in [3.05, 3.63) is 24.6 Å². The first-order valence-electron chi connectivity index (χ1n) is 6.70. The highest BCUT2D eigenvalue weighted by atomic mass is 15.2. The summed E-state index contributed by atoms with van der Waals surface area (Å²) in [6.45, 7) is 4.37. The lowest BCUT2D eigenvalue weighted by molar-refractivity contribution is 0.179. The predicted molar refractivity (Wildman–Crippen MR) is 78.5 cm³/mol. The Morgan fingerprint density at radius 3 is 2.44 bits per heavy atom. The maximum absolute atomic E-state index is 3.48. The molecule has 1 rings (SSSR count). The molecule has 4 heteroatoms. The second kappa shape index (κ2) is 8.16. The van der Waals surface area contributed by atoms with Crippen LogP contribution in [-0.2, 0) is 0 Å². The van der Waals surface area contributed by atoms with E-state index in [1.54, 1.807) is 0 Å². The largest absolute Gasteiger partial charge is 0.384 e. The van der Waals surface area contributed by atoms with Crippen LogP contribution >= 0.6 is 0 Å². The molecule has 4 nitrogen and oxygen atoms in total. The van der Waals surface area contributed by atoms with Crippen molar-refractivity contribution in [3.8, 4) is 0 Å². The molecule has 0 bridgehead atoms. The van der Waals surface area contributed by atoms with Crippen LogP contribution in [0.5, 0.6) is 0 Å². The van der Waals surface area contributed by atoms with Gasteiger partial charge in [0, 0.05) is 60.4 Å². The third-order valence-corrected chi connectivity index (χ3v) is 3.03. The van der Waals surface area contributed by atoms with Crippen LogP contribution < -0.4 is 5.32 Å². The third kappa shape index (κ3) is 6.07. The van der Waals surface area contributed by atoms with Crippen molar-refractivity contribution in [3.63, 3.8) is 0 Å². The minimum atomic E-state index is 0.613. The monoisotopic (exact) mass is 252 g/mol. The number of hydrogen-bond acceptors (Lipinski definition) is 4. The number of rotatable bonds is 6. The SMILES string of the molecule is CN(C)C=CCC1CNCCN1CC=CN(C)C. The van der Waals surface area contributed by atoms with E-state index in [-0.39, 0.29) is 0 Å². The van der Waals surface area contributed by atoms with Crippen molar-refractivity contribution in [1.29, 1.82) is 0 Å². The molecule has 0 aromatic rings. The summed E-state index contributed by atoms with van der Waals surface area (Å²) in [6, 6.07) is 0.613. The Morgan fingerprint density at radius 2 is 1.78 bits per heavy atom. The van der Waals surface area contributed by atoms with Gasteiger partial charge in [0.25, 0.3) is 0 Å². The molecular weight excluding hydrogens is 224 g/mol. The molecule has 1 aliphatic rings. The molecule has 0 amide bonds. The molecule has 0 aromatic carbocycles. The minimum absolute atomic E-state index is 0.613. The van der Waals surface area contributed by atoms with Gasteiger partial charge in [-0.1, -0.05) is 12.2 Å². The van der Waals surface area contributed by atoms with Gasteiger partial charge in [-0.2, -0.15) is 0 Å². The van der Waals surface area contributed by atoms with E-state index in [0.717, 1.165) is 32.6 Å². The fourth-order valence-electron chi connectivity index (χ4n) is 2.10. The van der Waals surface area contributed by atoms with Crippen LogP contribution in [0.4, 0.5) is 0 Å². The summed E-state index contributed by atoms with van der Waals surface area (Å²) in [7, 11) is 8.25. The number of hydrogen-bond donors (Lipinski definition) is 1. The Morgan fingerprint density at radius 1 is 1.11 bits per heavy atom. The highest BCUT2D eigenvalue weighted by Crippen LogP contribution is 2.08. The normalized spacial score (nSPS) is 21.9. The highest BCUT2D eigenvalue weighted by molar-refractivity contribution is 4.92. The minimum Gasteiger partial charge on any atom is -0.384 e. The predicted octanol–water partition coefficient (Wildman–Crippen LogP) is 0.801. The van der Waals surface area contributed by atoms with Crippen LogP contribution in [0, 0.1) is 0 Å². The summed E-state index contributed by atoms with van der Waals surface area (Å²) in [5.41, 5.74) is 0. The first-order chi connectivity index (χ1) is 8.59. The molecule has 0 aliphatic carbocycles. The number of nitrogens with one attached hydrogen (secondary N) is 1. The fraction of sp³-hybridized carbons (Fsp3) is 0.714. The van der Waals surface area contributed by atoms with Crippen LogP contribution in [-0.4, -0.2) is 75.1 Å². The summed E-state index contributed by atoms with van der Waals surface area (Å²) in [4.78, 5) is 6.73. The van der Waals surface area contributed by atoms with Gasteiger partial charge in [0.1, 0.15) is 0 Å². The summed E-state index contributed by atoms with van der Waals surface area (Å²) in [6.07, 6.45) is 9.90. The Hall–Kier alpha value is -1.00. The van der Waals surface area contributed by atoms with Gasteiger partial charge in [0.15, 0.2) is 0 Å². The molecule has 0 spiro atoms. The van der Waals surface area contributed by atoms with E-state index in [4.69, 9.17) is 0 Å². The van der Waals surface area contributed by atoms with Crippen LogP contribution in [0.3, 0.4) is 0 Å². The van der Waals surface area contributed by atoms with E-state index >= 15 is 0 Å². The second-order valence-electron chi connectivity index (χ2n) is 5.29. The third-order valence-electron chi connectivity index (χ3n) is 3.03. The molecular formula is C14H28N4. The average Bonchev–Trinajstić information content (AvgIpc) is 2.30. The molecule has 0 aromatic heterocycles. The maximum Gasteiger partial charge on any atom is 0.0259 e. The Labute approximate surface area is 112 Å². The zero-order valence-electron chi connectivity index (χ0n) is 12.3. The topological polar surface area (TPSA) is 21.8 Å². The molecule has 1 saturated heterocycles. The molecule has 0 radical (unpaired) electrons. The lowest BCUT2D eigenvalue weighted by Crippen LogP contribution is -2.51. The number of piperazine rings is 1. The average molecular weight is 252 g/mol. The van der Waals surface area contributed by atoms with E-state index in [1.165, 1.54) is 0 Å². The molecule has 1 fully saturated rings. The first-order valence-corrected chi connectivity index (χ1v) is 6.70. The lowest BCUT2D eigenvalue weighted by Gasteiger charge is -2.35. The van der Waals surface area contributed by atoms with E-state index in [1.807, 2.05) is 0 Å². The van der Waals surface area contributed by atoms with Gasteiger partial charge in [-0.25, -0.2) is 0 Å². The molecule has 1 aliphatic heterocycles. The first kappa shape index (κ1) is 15.1. The maximum atomic E-state index is 3.48. The van der Waals surface area contributed by atoms with Gasteiger partial charge in [-0.05, 0) is 18.8 Å². The van der Waals surface area contributed by atoms with Crippen molar-refractivity contribution in [2.75, 3.05) is 54.4 Å². The second-order valence-corrected chi connectivity index (χ2v) is 5.29. The fourth-order valence-corrected chi connectivity index (χ4v) is 2.10. The van der Waals surface area contributed by atoms with Crippen molar-refractivity contribution >= 4 is 0 Å². The smallest absolute Gasteiger partial charge is 0.0259 e. The number of nitrogens with zero attached hydrogens (tertiary/aromatic N) is 3. The zero-order valence-corrected chi connectivity index (χ0v) is 12.3. The molecule has 104 valence electrons. The summed E-state index contributed by atoms with van der Waals surface area (Å²) >= 11 is 0. The lowest BCUT2D eigenvalue weighted by atomic mass is 10.1. The standard InChI is InChI=1S/C14H28N4/c1-16(2)9-5-7-14-13-15-8-12-18(14)11-6-10-17(3)4/h5-6,9-10,14-15H,7-8,11-13H2,1-4H3. The van der Waals surface area contributed by atoms with Crippen molar-refractivity contribution < 1.29 is 0 Å². The summed E-state index contributed by atoms with van der Waals surface area (Å²) in [5.74, 6) is 0. The molecule has 1 atom stereocenters. The van der Waals surface area contributed by atoms with Crippen LogP contribution in [0.2, 0.25) is 0 Å². The Kier molecular flexibility index (Phi) is 6.83. The summed E-state index contributed by atoms with van der Waals surface area (Å²) in [5, 5.41) is 3.48. The van der Waals surface area contributed by atoms with E-state index in [0.29, 0.717) is 6.04 Å². The van der Waals surface area contributed by atoms with Crippen LogP contribution in [0.1, 0.15) is 6.42 Å². The van der Waals surface area contributed by atoms with E-state index < -0.39 is 0 Å². The highest BCUT2D eigenvalue weighted by Gasteiger charge is 2.19. The zero-order chi connectivity index (χ0) is 13.4. The van der Waals surface area contributed by atoms with E-state index in [9.17, 15) is 0 Å². The van der Waals surface area contributed by atoms with Crippen molar-refractivity contribution in [2.24, 2.45) is 0 Å². The Balaban J connectivity index is 2.41. The van der Waals surface area contributed by atoms with Crippen LogP contribution in [0.25, 0.3) is 0 Å². The molecule has 1 N–H and O–H groups in total. The molecule has 18 heavy (non-hydrogen) atoms. The van der Waals surface area contributed by atoms with Gasteiger partial charge in [-0.15, -0.1) is 0 Å². The van der Waals surface area contributed by atoms with Gasteiger partial charge >= 0.3 is 0 Å². The molecule has 0 saturated carbocycles. The van der Waals surface area contributed by atoms with Crippen LogP contribution in [0.15, 0.2) is 24.6 Å². The van der Waals surface area contributed by atoms with Crippen molar-refractivity contribution in [1.82, 2.24) is 20.0 Å².